The van der Waals surface area contributed by atoms with Crippen LogP contribution in [-0.4, -0.2) is 47.8 Å². The molecule has 5 heterocycles. The van der Waals surface area contributed by atoms with Crippen LogP contribution in [0.25, 0.3) is 22.3 Å². The summed E-state index contributed by atoms with van der Waals surface area (Å²) in [6.45, 7) is 1.54. The van der Waals surface area contributed by atoms with Crippen molar-refractivity contribution < 1.29 is 9.13 Å². The van der Waals surface area contributed by atoms with Crippen LogP contribution in [0.2, 0.25) is 0 Å². The first kappa shape index (κ1) is 23.5. The third-order valence-corrected chi connectivity index (χ3v) is 6.92. The summed E-state index contributed by atoms with van der Waals surface area (Å²) in [5, 5.41) is 15.1. The molecule has 38 heavy (non-hydrogen) atoms. The van der Waals surface area contributed by atoms with Gasteiger partial charge in [0.1, 0.15) is 35.7 Å². The maximum absolute atomic E-state index is 13.5. The first-order valence-electron chi connectivity index (χ1n) is 12.4. The number of benzene rings is 1. The Morgan fingerprint density at radius 3 is 2.82 bits per heavy atom. The number of nitrogens with one attached hydrogen (secondary N) is 1. The molecule has 0 aliphatic carbocycles. The summed E-state index contributed by atoms with van der Waals surface area (Å²) in [6, 6.07) is 12.0. The van der Waals surface area contributed by atoms with Crippen LogP contribution in [-0.2, 0) is 0 Å². The van der Waals surface area contributed by atoms with E-state index in [1.165, 1.54) is 24.8 Å². The van der Waals surface area contributed by atoms with Crippen LogP contribution in [0.15, 0.2) is 67.6 Å². The highest BCUT2D eigenvalue weighted by atomic mass is 19.1. The fraction of sp³-hybridized carbons (Fsp3) is 0.259. The Kier molecular flexibility index (Phi) is 6.35. The fourth-order valence-corrected chi connectivity index (χ4v) is 5.04. The monoisotopic (exact) mass is 509 g/mol. The van der Waals surface area contributed by atoms with E-state index >= 15 is 0 Å². The maximum Gasteiger partial charge on any atom is 0.224 e. The van der Waals surface area contributed by atoms with E-state index in [0.29, 0.717) is 18.1 Å². The van der Waals surface area contributed by atoms with E-state index in [2.05, 4.69) is 41.0 Å². The van der Waals surface area contributed by atoms with Gasteiger partial charge in [-0.05, 0) is 37.0 Å². The van der Waals surface area contributed by atoms with Gasteiger partial charge in [-0.15, -0.1) is 0 Å². The molecule has 1 aliphatic heterocycles. The molecular weight excluding hydrogens is 485 g/mol. The summed E-state index contributed by atoms with van der Waals surface area (Å²) in [6.07, 6.45) is 10.7. The van der Waals surface area contributed by atoms with Crippen LogP contribution < -0.4 is 9.64 Å². The first-order valence-corrected chi connectivity index (χ1v) is 12.4. The number of anilines is 1. The van der Waals surface area contributed by atoms with Gasteiger partial charge in [-0.3, -0.25) is 4.68 Å². The van der Waals surface area contributed by atoms with E-state index in [0.717, 1.165) is 54.0 Å². The van der Waals surface area contributed by atoms with Gasteiger partial charge in [-0.25, -0.2) is 24.3 Å². The molecule has 1 unspecified atom stereocenters. The molecule has 0 radical (unpaired) electrons. The topological polar surface area (TPSA) is 121 Å². The van der Waals surface area contributed by atoms with Crippen molar-refractivity contribution in [2.45, 2.75) is 25.3 Å². The number of aromatic nitrogens is 7. The Labute approximate surface area is 217 Å². The van der Waals surface area contributed by atoms with E-state index in [-0.39, 0.29) is 17.8 Å². The second-order valence-corrected chi connectivity index (χ2v) is 9.20. The van der Waals surface area contributed by atoms with Crippen molar-refractivity contribution in [3.63, 3.8) is 0 Å². The Balaban J connectivity index is 1.15. The predicted octanol–water partition coefficient (Wildman–Crippen LogP) is 4.91. The van der Waals surface area contributed by atoms with Crippen LogP contribution in [0.1, 0.15) is 25.3 Å². The van der Waals surface area contributed by atoms with Gasteiger partial charge in [0.15, 0.2) is 0 Å². The van der Waals surface area contributed by atoms with Crippen molar-refractivity contribution >= 4 is 16.9 Å². The minimum absolute atomic E-state index is 0.0447. The number of fused-ring (bicyclic) bond motifs is 1. The lowest BCUT2D eigenvalue weighted by Gasteiger charge is -2.36. The van der Waals surface area contributed by atoms with Gasteiger partial charge in [0, 0.05) is 48.6 Å². The van der Waals surface area contributed by atoms with Crippen molar-refractivity contribution in [2.75, 3.05) is 18.0 Å². The molecule has 11 heteroatoms. The second-order valence-electron chi connectivity index (χ2n) is 9.20. The zero-order valence-corrected chi connectivity index (χ0v) is 20.4. The summed E-state index contributed by atoms with van der Waals surface area (Å²) in [7, 11) is 0. The predicted molar refractivity (Wildman–Crippen MR) is 138 cm³/mol. The molecular formula is C27H24FN9O. The Morgan fingerprint density at radius 1 is 1.11 bits per heavy atom. The Bertz CT molecular complexity index is 1600. The summed E-state index contributed by atoms with van der Waals surface area (Å²) < 4.78 is 21.1. The molecule has 0 saturated carbocycles. The summed E-state index contributed by atoms with van der Waals surface area (Å²) in [5.41, 5.74) is 2.48. The van der Waals surface area contributed by atoms with Crippen molar-refractivity contribution in [1.82, 2.24) is 34.7 Å². The lowest BCUT2D eigenvalue weighted by Crippen LogP contribution is -2.37. The minimum Gasteiger partial charge on any atom is -0.439 e. The molecule has 10 nitrogen and oxygen atoms in total. The molecule has 1 saturated heterocycles. The first-order chi connectivity index (χ1) is 18.7. The quantitative estimate of drug-likeness (QED) is 0.328. The Hall–Kier alpha value is -4.85. The summed E-state index contributed by atoms with van der Waals surface area (Å²) in [4.78, 5) is 22.6. The highest BCUT2D eigenvalue weighted by Crippen LogP contribution is 2.34. The largest absolute Gasteiger partial charge is 0.439 e. The standard InChI is InChI=1S/C27H24FN9O/c28-20-2-1-3-21(12-20)38-25-13-24(31-16-32-25)36-10-6-18(7-11-36)23(4-8-29)37-15-19(14-35-37)26-22-5-9-30-27(22)34-17-33-26/h1-3,5,9,12-18,23H,4,6-7,10-11H2,(H,30,33,34). The smallest absolute Gasteiger partial charge is 0.224 e. The third kappa shape index (κ3) is 4.76. The van der Waals surface area contributed by atoms with Crippen LogP contribution in [0.5, 0.6) is 11.6 Å². The SMILES string of the molecule is N#CCC(C1CCN(c2cc(Oc3cccc(F)c3)ncn2)CC1)n1cc(-c2ncnc3[nH]ccc23)cn1. The normalized spacial score (nSPS) is 14.9. The lowest BCUT2D eigenvalue weighted by molar-refractivity contribution is 0.260. The molecule has 4 aromatic heterocycles. The molecule has 190 valence electrons. The van der Waals surface area contributed by atoms with Gasteiger partial charge < -0.3 is 14.6 Å². The number of nitriles is 1. The number of ether oxygens (including phenoxy) is 1. The number of halogens is 1. The highest BCUT2D eigenvalue weighted by molar-refractivity contribution is 5.89. The molecule has 6 rings (SSSR count). The highest BCUT2D eigenvalue weighted by Gasteiger charge is 2.29. The minimum atomic E-state index is -0.370. The van der Waals surface area contributed by atoms with Gasteiger partial charge >= 0.3 is 0 Å². The van der Waals surface area contributed by atoms with E-state index < -0.39 is 0 Å². The summed E-state index contributed by atoms with van der Waals surface area (Å²) >= 11 is 0. The molecule has 1 aliphatic rings. The number of piperidine rings is 1. The van der Waals surface area contributed by atoms with Crippen molar-refractivity contribution in [3.05, 3.63) is 73.5 Å². The van der Waals surface area contributed by atoms with Crippen molar-refractivity contribution in [3.8, 4) is 29.0 Å². The summed E-state index contributed by atoms with van der Waals surface area (Å²) in [5.74, 6) is 1.40. The zero-order valence-electron chi connectivity index (χ0n) is 20.4. The third-order valence-electron chi connectivity index (χ3n) is 6.92. The Morgan fingerprint density at radius 2 is 1.97 bits per heavy atom. The van der Waals surface area contributed by atoms with Gasteiger partial charge in [-0.1, -0.05) is 6.07 Å². The number of rotatable bonds is 7. The van der Waals surface area contributed by atoms with E-state index in [1.807, 2.05) is 23.1 Å². The van der Waals surface area contributed by atoms with E-state index in [4.69, 9.17) is 4.74 Å². The average Bonchev–Trinajstić information content (AvgIpc) is 3.62. The zero-order chi connectivity index (χ0) is 25.9. The van der Waals surface area contributed by atoms with Crippen LogP contribution in [0, 0.1) is 23.1 Å². The van der Waals surface area contributed by atoms with Crippen LogP contribution >= 0.6 is 0 Å². The molecule has 1 aromatic carbocycles. The average molecular weight is 510 g/mol. The van der Waals surface area contributed by atoms with Gasteiger partial charge in [0.2, 0.25) is 5.88 Å². The van der Waals surface area contributed by atoms with Crippen LogP contribution in [0.3, 0.4) is 0 Å². The number of nitrogens with zero attached hydrogens (tertiary/aromatic N) is 8. The van der Waals surface area contributed by atoms with Gasteiger partial charge in [0.05, 0.1) is 30.4 Å². The van der Waals surface area contributed by atoms with Crippen molar-refractivity contribution in [1.29, 1.82) is 5.26 Å². The molecule has 1 fully saturated rings. The number of aromatic amines is 1. The molecule has 0 bridgehead atoms. The number of H-pyrrole nitrogens is 1. The van der Waals surface area contributed by atoms with Gasteiger partial charge in [-0.2, -0.15) is 10.4 Å². The lowest BCUT2D eigenvalue weighted by atomic mass is 9.88. The van der Waals surface area contributed by atoms with Crippen LogP contribution in [0.4, 0.5) is 10.2 Å². The molecule has 0 spiro atoms. The van der Waals surface area contributed by atoms with E-state index in [9.17, 15) is 9.65 Å². The molecule has 0 amide bonds. The molecule has 5 aromatic rings. The molecule has 1 atom stereocenters. The number of hydrogen-bond donors (Lipinski definition) is 1. The molecule has 1 N–H and O–H groups in total. The fourth-order valence-electron chi connectivity index (χ4n) is 5.04. The van der Waals surface area contributed by atoms with E-state index in [1.54, 1.807) is 24.4 Å². The van der Waals surface area contributed by atoms with Gasteiger partial charge in [0.25, 0.3) is 0 Å². The maximum atomic E-state index is 13.5. The second kappa shape index (κ2) is 10.3. The number of hydrogen-bond acceptors (Lipinski definition) is 8. The van der Waals surface area contributed by atoms with Crippen molar-refractivity contribution in [2.24, 2.45) is 5.92 Å².